The molecular formula is C28H33N7O5. The lowest BCUT2D eigenvalue weighted by Gasteiger charge is -2.35. The zero-order chi connectivity index (χ0) is 28.2. The van der Waals surface area contributed by atoms with E-state index in [1.54, 1.807) is 4.90 Å². The highest BCUT2D eigenvalue weighted by molar-refractivity contribution is 5.95. The number of rotatable bonds is 9. The van der Waals surface area contributed by atoms with Gasteiger partial charge in [0, 0.05) is 45.0 Å². The highest BCUT2D eigenvalue weighted by Gasteiger charge is 2.32. The smallest absolute Gasteiger partial charge is 0.353 e. The van der Waals surface area contributed by atoms with E-state index in [1.807, 2.05) is 62.1 Å². The van der Waals surface area contributed by atoms with Crippen molar-refractivity contribution in [2.45, 2.75) is 27.3 Å². The van der Waals surface area contributed by atoms with Gasteiger partial charge in [-0.25, -0.2) is 9.97 Å². The van der Waals surface area contributed by atoms with Gasteiger partial charge >= 0.3 is 5.69 Å². The number of aryl methyl sites for hydroxylation is 2. The van der Waals surface area contributed by atoms with Crippen molar-refractivity contribution >= 4 is 28.9 Å². The van der Waals surface area contributed by atoms with Crippen molar-refractivity contribution in [1.29, 1.82) is 0 Å². The Labute approximate surface area is 232 Å². The quantitative estimate of drug-likeness (QED) is 0.314. The van der Waals surface area contributed by atoms with Gasteiger partial charge in [-0.1, -0.05) is 24.3 Å². The maximum Gasteiger partial charge on any atom is 0.353 e. The first-order valence-corrected chi connectivity index (χ1v) is 13.3. The minimum atomic E-state index is -0.449. The van der Waals surface area contributed by atoms with Crippen LogP contribution >= 0.6 is 0 Å². The lowest BCUT2D eigenvalue weighted by Crippen LogP contribution is -2.46. The fraction of sp³-hybridized carbons (Fsp3) is 0.393. The van der Waals surface area contributed by atoms with Gasteiger partial charge in [-0.05, 0) is 49.6 Å². The molecule has 1 amide bonds. The van der Waals surface area contributed by atoms with Crippen molar-refractivity contribution in [1.82, 2.24) is 14.9 Å². The van der Waals surface area contributed by atoms with E-state index in [2.05, 4.69) is 20.2 Å². The van der Waals surface area contributed by atoms with Crippen LogP contribution < -0.4 is 24.6 Å². The van der Waals surface area contributed by atoms with E-state index in [4.69, 9.17) is 9.47 Å². The molecule has 210 valence electrons. The van der Waals surface area contributed by atoms with Crippen molar-refractivity contribution in [3.8, 4) is 11.5 Å². The van der Waals surface area contributed by atoms with Crippen LogP contribution in [0.1, 0.15) is 23.6 Å². The van der Waals surface area contributed by atoms with E-state index in [-0.39, 0.29) is 36.6 Å². The van der Waals surface area contributed by atoms with Crippen molar-refractivity contribution in [2.24, 2.45) is 0 Å². The number of carbonyl (C=O) groups is 1. The minimum absolute atomic E-state index is 0.0785. The Morgan fingerprint density at radius 1 is 1.07 bits per heavy atom. The molecule has 1 aromatic heterocycles. The van der Waals surface area contributed by atoms with E-state index >= 15 is 0 Å². The zero-order valence-electron chi connectivity index (χ0n) is 22.9. The van der Waals surface area contributed by atoms with Crippen LogP contribution in [0.5, 0.6) is 11.5 Å². The van der Waals surface area contributed by atoms with E-state index in [1.165, 1.54) is 6.33 Å². The maximum absolute atomic E-state index is 13.0. The van der Waals surface area contributed by atoms with Crippen molar-refractivity contribution < 1.29 is 19.2 Å². The summed E-state index contributed by atoms with van der Waals surface area (Å²) in [6, 6.07) is 11.7. The van der Waals surface area contributed by atoms with Gasteiger partial charge in [0.05, 0.1) is 11.5 Å². The lowest BCUT2D eigenvalue weighted by atomic mass is 10.1. The largest absolute Gasteiger partial charge is 0.454 e. The maximum atomic E-state index is 13.0. The number of amides is 1. The number of piperazine rings is 1. The predicted molar refractivity (Wildman–Crippen MR) is 151 cm³/mol. The topological polar surface area (TPSA) is 126 Å². The molecule has 12 nitrogen and oxygen atoms in total. The van der Waals surface area contributed by atoms with Gasteiger partial charge in [0.1, 0.15) is 6.33 Å². The lowest BCUT2D eigenvalue weighted by molar-refractivity contribution is -0.383. The number of aromatic nitrogens is 2. The number of nitro groups is 1. The third kappa shape index (κ3) is 5.76. The third-order valence-electron chi connectivity index (χ3n) is 7.24. The number of carbonyl (C=O) groups excluding carboxylic acids is 1. The van der Waals surface area contributed by atoms with E-state index in [0.29, 0.717) is 32.7 Å². The molecule has 2 aliphatic rings. The highest BCUT2D eigenvalue weighted by atomic mass is 16.7. The second-order valence-corrected chi connectivity index (χ2v) is 9.91. The summed E-state index contributed by atoms with van der Waals surface area (Å²) in [5.74, 6) is 1.64. The number of ether oxygens (including phenoxy) is 2. The summed E-state index contributed by atoms with van der Waals surface area (Å²) >= 11 is 0. The van der Waals surface area contributed by atoms with E-state index < -0.39 is 4.92 Å². The summed E-state index contributed by atoms with van der Waals surface area (Å²) in [7, 11) is 0. The average molecular weight is 548 g/mol. The number of hydrogen-bond donors (Lipinski definition) is 1. The van der Waals surface area contributed by atoms with Crippen molar-refractivity contribution in [2.75, 3.05) is 61.2 Å². The number of nitrogens with one attached hydrogen (secondary N) is 1. The Morgan fingerprint density at radius 3 is 2.50 bits per heavy atom. The fourth-order valence-corrected chi connectivity index (χ4v) is 5.10. The SMILES string of the molecule is CCN(CC(=O)Nc1c(C)cccc1C)c1ncnc(N2CCN(Cc3ccc4c(c3)OCO4)CC2)c1[N+](=O)[O-]. The number of nitrogens with zero attached hydrogens (tertiary/aromatic N) is 6. The number of hydrogen-bond acceptors (Lipinski definition) is 10. The number of benzene rings is 2. The van der Waals surface area contributed by atoms with Crippen molar-refractivity contribution in [3.63, 3.8) is 0 Å². The number of para-hydroxylation sites is 1. The first-order valence-electron chi connectivity index (χ1n) is 13.3. The molecule has 2 aromatic carbocycles. The van der Waals surface area contributed by atoms with Gasteiger partial charge in [0.25, 0.3) is 0 Å². The molecule has 1 saturated heterocycles. The second-order valence-electron chi connectivity index (χ2n) is 9.91. The van der Waals surface area contributed by atoms with Gasteiger partial charge in [-0.3, -0.25) is 19.8 Å². The molecule has 2 aliphatic heterocycles. The van der Waals surface area contributed by atoms with Crippen LogP contribution in [-0.2, 0) is 11.3 Å². The van der Waals surface area contributed by atoms with E-state index in [0.717, 1.165) is 40.4 Å². The summed E-state index contributed by atoms with van der Waals surface area (Å²) in [6.45, 7) is 9.51. The van der Waals surface area contributed by atoms with Crippen LogP contribution in [0, 0.1) is 24.0 Å². The third-order valence-corrected chi connectivity index (χ3v) is 7.24. The molecule has 40 heavy (non-hydrogen) atoms. The molecule has 1 fully saturated rings. The average Bonchev–Trinajstić information content (AvgIpc) is 3.42. The first kappa shape index (κ1) is 27.1. The van der Waals surface area contributed by atoms with Gasteiger partial charge in [-0.2, -0.15) is 0 Å². The van der Waals surface area contributed by atoms with Gasteiger partial charge in [-0.15, -0.1) is 0 Å². The molecule has 1 N–H and O–H groups in total. The Kier molecular flexibility index (Phi) is 7.96. The fourth-order valence-electron chi connectivity index (χ4n) is 5.10. The number of fused-ring (bicyclic) bond motifs is 1. The van der Waals surface area contributed by atoms with Crippen LogP contribution in [0.3, 0.4) is 0 Å². The second kappa shape index (κ2) is 11.7. The minimum Gasteiger partial charge on any atom is -0.454 e. The van der Waals surface area contributed by atoms with Gasteiger partial charge in [0.2, 0.25) is 24.3 Å². The summed E-state index contributed by atoms with van der Waals surface area (Å²) in [4.78, 5) is 39.2. The first-order chi connectivity index (χ1) is 19.3. The summed E-state index contributed by atoms with van der Waals surface area (Å²) in [5, 5.41) is 15.3. The van der Waals surface area contributed by atoms with Crippen molar-refractivity contribution in [3.05, 3.63) is 69.5 Å². The molecule has 12 heteroatoms. The monoisotopic (exact) mass is 547 g/mol. The van der Waals surface area contributed by atoms with Gasteiger partial charge in [0.15, 0.2) is 11.5 Å². The Bertz CT molecular complexity index is 1390. The Morgan fingerprint density at radius 2 is 1.80 bits per heavy atom. The standard InChI is InChI=1S/C28H33N7O5/c1-4-33(16-24(36)31-25-19(2)6-5-7-20(25)3)27-26(35(37)38)28(30-17-29-27)34-12-10-32(11-13-34)15-21-8-9-22-23(14-21)40-18-39-22/h5-9,14,17H,4,10-13,15-16,18H2,1-3H3,(H,31,36). The molecule has 5 rings (SSSR count). The van der Waals surface area contributed by atoms with Gasteiger partial charge < -0.3 is 24.6 Å². The Balaban J connectivity index is 1.28. The summed E-state index contributed by atoms with van der Waals surface area (Å²) < 4.78 is 10.9. The number of likely N-dealkylation sites (N-methyl/N-ethyl adjacent to an activating group) is 1. The summed E-state index contributed by atoms with van der Waals surface area (Å²) in [5.41, 5.74) is 3.58. The molecular weight excluding hydrogens is 514 g/mol. The molecule has 0 bridgehead atoms. The molecule has 3 aromatic rings. The van der Waals surface area contributed by atoms with Crippen LogP contribution in [0.25, 0.3) is 0 Å². The van der Waals surface area contributed by atoms with Crippen LogP contribution in [0.15, 0.2) is 42.7 Å². The highest BCUT2D eigenvalue weighted by Crippen LogP contribution is 2.35. The molecule has 0 unspecified atom stereocenters. The number of anilines is 3. The predicted octanol–water partition coefficient (Wildman–Crippen LogP) is 3.52. The van der Waals surface area contributed by atoms with Crippen LogP contribution in [0.4, 0.5) is 23.0 Å². The molecule has 3 heterocycles. The Hall–Kier alpha value is -4.45. The molecule has 0 atom stereocenters. The summed E-state index contributed by atoms with van der Waals surface area (Å²) in [6.07, 6.45) is 1.34. The molecule has 0 radical (unpaired) electrons. The molecule has 0 aliphatic carbocycles. The van der Waals surface area contributed by atoms with E-state index in [9.17, 15) is 14.9 Å². The van der Waals surface area contributed by atoms with Crippen LogP contribution in [0.2, 0.25) is 0 Å². The molecule has 0 saturated carbocycles. The zero-order valence-corrected chi connectivity index (χ0v) is 22.9. The molecule has 0 spiro atoms. The van der Waals surface area contributed by atoms with Crippen LogP contribution in [-0.4, -0.2) is 71.8 Å². The normalized spacial score (nSPS) is 14.7.